The highest BCUT2D eigenvalue weighted by Crippen LogP contribution is 2.34. The van der Waals surface area contributed by atoms with Crippen LogP contribution in [0.5, 0.6) is 5.75 Å². The summed E-state index contributed by atoms with van der Waals surface area (Å²) in [6, 6.07) is 8.09. The molecule has 122 valence electrons. The first kappa shape index (κ1) is 14.6. The van der Waals surface area contributed by atoms with E-state index in [-0.39, 0.29) is 0 Å². The summed E-state index contributed by atoms with van der Waals surface area (Å²) in [4.78, 5) is 4.55. The minimum Gasteiger partial charge on any atom is -0.431 e. The normalized spacial score (nSPS) is 13.7. The van der Waals surface area contributed by atoms with Crippen molar-refractivity contribution in [3.05, 3.63) is 46.9 Å². The highest BCUT2D eigenvalue weighted by atomic mass is 16.5. The van der Waals surface area contributed by atoms with E-state index in [1.807, 2.05) is 49.6 Å². The quantitative estimate of drug-likeness (QED) is 0.725. The SMILES string of the molecule is CCc1nnc2nc3c(c(C)n12)OC(c1ccc(C)cc1)=NN3C. The molecule has 3 aromatic rings. The molecule has 24 heavy (non-hydrogen) atoms. The third-order valence-electron chi connectivity index (χ3n) is 4.15. The number of aryl methyl sites for hydroxylation is 3. The molecular weight excluding hydrogens is 304 g/mol. The molecule has 0 spiro atoms. The number of hydrogen-bond acceptors (Lipinski definition) is 6. The van der Waals surface area contributed by atoms with Crippen molar-refractivity contribution in [1.82, 2.24) is 19.6 Å². The Labute approximate surface area is 139 Å². The van der Waals surface area contributed by atoms with Crippen molar-refractivity contribution in [2.45, 2.75) is 27.2 Å². The van der Waals surface area contributed by atoms with Crippen LogP contribution < -0.4 is 9.75 Å². The predicted octanol–water partition coefficient (Wildman–Crippen LogP) is 2.49. The zero-order valence-corrected chi connectivity index (χ0v) is 14.1. The summed E-state index contributed by atoms with van der Waals surface area (Å²) < 4.78 is 8.04. The molecular formula is C17H18N6O. The minimum atomic E-state index is 0.556. The molecule has 0 atom stereocenters. The number of fused-ring (bicyclic) bond motifs is 2. The molecule has 0 saturated heterocycles. The lowest BCUT2D eigenvalue weighted by molar-refractivity contribution is 0.517. The number of anilines is 1. The molecule has 3 heterocycles. The number of hydrazone groups is 1. The van der Waals surface area contributed by atoms with E-state index < -0.39 is 0 Å². The molecule has 0 radical (unpaired) electrons. The van der Waals surface area contributed by atoms with Crippen molar-refractivity contribution in [3.8, 4) is 5.75 Å². The number of hydrogen-bond donors (Lipinski definition) is 0. The number of aromatic nitrogens is 4. The summed E-state index contributed by atoms with van der Waals surface area (Å²) in [5, 5.41) is 14.6. The second-order valence-electron chi connectivity index (χ2n) is 5.85. The van der Waals surface area contributed by atoms with Crippen LogP contribution in [0.4, 0.5) is 5.82 Å². The Morgan fingerprint density at radius 3 is 2.54 bits per heavy atom. The van der Waals surface area contributed by atoms with Crippen molar-refractivity contribution in [2.75, 3.05) is 12.1 Å². The van der Waals surface area contributed by atoms with Gasteiger partial charge in [0.2, 0.25) is 5.90 Å². The van der Waals surface area contributed by atoms with Gasteiger partial charge in [-0.3, -0.25) is 4.40 Å². The van der Waals surface area contributed by atoms with E-state index in [1.165, 1.54) is 5.56 Å². The van der Waals surface area contributed by atoms with Gasteiger partial charge in [0.25, 0.3) is 5.78 Å². The highest BCUT2D eigenvalue weighted by molar-refractivity contribution is 5.98. The maximum absolute atomic E-state index is 6.11. The molecule has 0 bridgehead atoms. The molecule has 2 aromatic heterocycles. The van der Waals surface area contributed by atoms with Crippen LogP contribution in [0, 0.1) is 13.8 Å². The fraction of sp³-hybridized carbons (Fsp3) is 0.294. The average molecular weight is 322 g/mol. The second kappa shape index (κ2) is 5.30. The van der Waals surface area contributed by atoms with E-state index in [9.17, 15) is 0 Å². The summed E-state index contributed by atoms with van der Waals surface area (Å²) in [6.45, 7) is 6.08. The Hall–Kier alpha value is -2.96. The maximum Gasteiger partial charge on any atom is 0.257 e. The lowest BCUT2D eigenvalue weighted by Crippen LogP contribution is -2.26. The van der Waals surface area contributed by atoms with Crippen molar-refractivity contribution in [2.24, 2.45) is 5.10 Å². The van der Waals surface area contributed by atoms with Crippen LogP contribution >= 0.6 is 0 Å². The number of benzene rings is 1. The molecule has 0 N–H and O–H groups in total. The van der Waals surface area contributed by atoms with E-state index >= 15 is 0 Å². The zero-order chi connectivity index (χ0) is 16.8. The number of ether oxygens (including phenoxy) is 1. The van der Waals surface area contributed by atoms with Crippen LogP contribution in [0.25, 0.3) is 5.78 Å². The van der Waals surface area contributed by atoms with Gasteiger partial charge < -0.3 is 4.74 Å². The van der Waals surface area contributed by atoms with E-state index in [2.05, 4.69) is 27.2 Å². The van der Waals surface area contributed by atoms with Crippen LogP contribution in [0.3, 0.4) is 0 Å². The van der Waals surface area contributed by atoms with E-state index in [4.69, 9.17) is 4.74 Å². The van der Waals surface area contributed by atoms with Gasteiger partial charge in [-0.05, 0) is 26.0 Å². The van der Waals surface area contributed by atoms with Gasteiger partial charge in [-0.1, -0.05) is 24.6 Å². The molecule has 4 rings (SSSR count). The monoisotopic (exact) mass is 322 g/mol. The summed E-state index contributed by atoms with van der Waals surface area (Å²) in [7, 11) is 1.86. The third kappa shape index (κ3) is 2.12. The van der Waals surface area contributed by atoms with Crippen LogP contribution in [0.2, 0.25) is 0 Å². The minimum absolute atomic E-state index is 0.556. The van der Waals surface area contributed by atoms with Crippen molar-refractivity contribution in [3.63, 3.8) is 0 Å². The van der Waals surface area contributed by atoms with Gasteiger partial charge in [0.1, 0.15) is 5.82 Å². The van der Waals surface area contributed by atoms with Crippen molar-refractivity contribution < 1.29 is 4.74 Å². The molecule has 1 aromatic carbocycles. The summed E-state index contributed by atoms with van der Waals surface area (Å²) in [5.74, 6) is 3.31. The Kier molecular flexibility index (Phi) is 3.23. The number of nitrogens with zero attached hydrogens (tertiary/aromatic N) is 6. The largest absolute Gasteiger partial charge is 0.431 e. The standard InChI is InChI=1S/C17H18N6O/c1-5-13-19-20-17-18-15-14(11(3)23(13)17)24-16(21-22(15)4)12-8-6-10(2)7-9-12/h6-9H,5H2,1-4H3. The van der Waals surface area contributed by atoms with Crippen LogP contribution in [0.15, 0.2) is 29.4 Å². The first-order valence-corrected chi connectivity index (χ1v) is 7.90. The molecule has 7 heteroatoms. The molecule has 1 aliphatic heterocycles. The summed E-state index contributed by atoms with van der Waals surface area (Å²) in [5.41, 5.74) is 3.04. The second-order valence-corrected chi connectivity index (χ2v) is 5.85. The van der Waals surface area contributed by atoms with E-state index in [1.54, 1.807) is 5.01 Å². The Balaban J connectivity index is 1.86. The van der Waals surface area contributed by atoms with Crippen molar-refractivity contribution >= 4 is 17.5 Å². The van der Waals surface area contributed by atoms with Crippen LogP contribution in [-0.2, 0) is 6.42 Å². The van der Waals surface area contributed by atoms with E-state index in [0.29, 0.717) is 23.2 Å². The van der Waals surface area contributed by atoms with Gasteiger partial charge in [0.15, 0.2) is 11.6 Å². The topological polar surface area (TPSA) is 67.9 Å². The van der Waals surface area contributed by atoms with Gasteiger partial charge >= 0.3 is 0 Å². The van der Waals surface area contributed by atoms with Crippen LogP contribution in [0.1, 0.15) is 29.6 Å². The van der Waals surface area contributed by atoms with Gasteiger partial charge in [0.05, 0.1) is 5.69 Å². The van der Waals surface area contributed by atoms with Crippen LogP contribution in [-0.4, -0.2) is 32.5 Å². The summed E-state index contributed by atoms with van der Waals surface area (Å²) >= 11 is 0. The summed E-state index contributed by atoms with van der Waals surface area (Å²) in [6.07, 6.45) is 0.775. The molecule has 0 amide bonds. The Morgan fingerprint density at radius 2 is 1.83 bits per heavy atom. The van der Waals surface area contributed by atoms with Gasteiger partial charge in [0, 0.05) is 19.0 Å². The lowest BCUT2D eigenvalue weighted by atomic mass is 10.1. The van der Waals surface area contributed by atoms with Gasteiger partial charge in [-0.25, -0.2) is 5.01 Å². The fourth-order valence-electron chi connectivity index (χ4n) is 2.81. The van der Waals surface area contributed by atoms with Gasteiger partial charge in [-0.2, -0.15) is 4.98 Å². The Morgan fingerprint density at radius 1 is 1.08 bits per heavy atom. The molecule has 7 nitrogen and oxygen atoms in total. The van der Waals surface area contributed by atoms with E-state index in [0.717, 1.165) is 23.5 Å². The van der Waals surface area contributed by atoms with Gasteiger partial charge in [-0.15, -0.1) is 15.3 Å². The smallest absolute Gasteiger partial charge is 0.257 e. The maximum atomic E-state index is 6.11. The molecule has 0 aliphatic carbocycles. The fourth-order valence-corrected chi connectivity index (χ4v) is 2.81. The highest BCUT2D eigenvalue weighted by Gasteiger charge is 2.26. The predicted molar refractivity (Wildman–Crippen MR) is 91.6 cm³/mol. The lowest BCUT2D eigenvalue weighted by Gasteiger charge is -2.25. The zero-order valence-electron chi connectivity index (χ0n) is 14.1. The first-order valence-electron chi connectivity index (χ1n) is 7.90. The van der Waals surface area contributed by atoms with Crippen molar-refractivity contribution in [1.29, 1.82) is 0 Å². The third-order valence-corrected chi connectivity index (χ3v) is 4.15. The molecule has 1 aliphatic rings. The first-order chi connectivity index (χ1) is 11.6. The molecule has 0 saturated carbocycles. The average Bonchev–Trinajstić information content (AvgIpc) is 3.00. The molecule has 0 fully saturated rings. The Bertz CT molecular complexity index is 957. The molecule has 0 unspecified atom stereocenters. The number of rotatable bonds is 2.